The van der Waals surface area contributed by atoms with Crippen LogP contribution in [0, 0.1) is 0 Å². The van der Waals surface area contributed by atoms with Crippen LogP contribution in [0.1, 0.15) is 29.6 Å². The number of likely N-dealkylation sites (tertiary alicyclic amines) is 1. The summed E-state index contributed by atoms with van der Waals surface area (Å²) in [7, 11) is 1.94. The normalized spacial score (nSPS) is 19.9. The van der Waals surface area contributed by atoms with E-state index in [0.717, 1.165) is 36.0 Å². The van der Waals surface area contributed by atoms with E-state index in [1.54, 1.807) is 0 Å². The first kappa shape index (κ1) is 13.6. The molecule has 1 atom stereocenters. The quantitative estimate of drug-likeness (QED) is 0.931. The van der Waals surface area contributed by atoms with Crippen LogP contribution in [0.25, 0.3) is 0 Å². The summed E-state index contributed by atoms with van der Waals surface area (Å²) < 4.78 is 1.00. The first-order valence-electron chi connectivity index (χ1n) is 6.43. The van der Waals surface area contributed by atoms with Crippen LogP contribution in [0.3, 0.4) is 0 Å². The number of hydrogen-bond acceptors (Lipinski definition) is 2. The van der Waals surface area contributed by atoms with Crippen molar-refractivity contribution >= 4 is 21.8 Å². The first-order valence-corrected chi connectivity index (χ1v) is 7.23. The lowest BCUT2D eigenvalue weighted by molar-refractivity contribution is 0.0615. The fraction of sp³-hybridized carbons (Fsp3) is 0.500. The average molecular weight is 311 g/mol. The third-order valence-corrected chi connectivity index (χ3v) is 3.95. The van der Waals surface area contributed by atoms with Crippen LogP contribution in [0.2, 0.25) is 0 Å². The molecular weight excluding hydrogens is 292 g/mol. The topological polar surface area (TPSA) is 32.3 Å². The third-order valence-electron chi connectivity index (χ3n) is 3.42. The van der Waals surface area contributed by atoms with Crippen molar-refractivity contribution in [2.24, 2.45) is 0 Å². The molecule has 1 unspecified atom stereocenters. The lowest BCUT2D eigenvalue weighted by Gasteiger charge is -2.35. The molecule has 1 saturated heterocycles. The monoisotopic (exact) mass is 310 g/mol. The van der Waals surface area contributed by atoms with Crippen molar-refractivity contribution in [3.05, 3.63) is 34.3 Å². The Balaban J connectivity index is 2.12. The molecule has 0 aromatic heterocycles. The van der Waals surface area contributed by atoms with Gasteiger partial charge in [-0.3, -0.25) is 4.79 Å². The minimum Gasteiger partial charge on any atom is -0.334 e. The molecule has 0 aliphatic carbocycles. The van der Waals surface area contributed by atoms with Gasteiger partial charge < -0.3 is 10.2 Å². The molecule has 3 nitrogen and oxygen atoms in total. The van der Waals surface area contributed by atoms with Gasteiger partial charge in [0, 0.05) is 29.2 Å². The van der Waals surface area contributed by atoms with Crippen molar-refractivity contribution < 1.29 is 4.79 Å². The number of amides is 1. The molecule has 1 N–H and O–H groups in total. The number of carbonyl (C=O) groups excluding carboxylic acids is 1. The Hall–Kier alpha value is -0.870. The van der Waals surface area contributed by atoms with E-state index in [4.69, 9.17) is 0 Å². The van der Waals surface area contributed by atoms with E-state index in [2.05, 4.69) is 21.2 Å². The molecule has 1 fully saturated rings. The maximum atomic E-state index is 12.5. The van der Waals surface area contributed by atoms with E-state index in [9.17, 15) is 4.79 Å². The summed E-state index contributed by atoms with van der Waals surface area (Å²) in [4.78, 5) is 14.5. The molecule has 1 amide bonds. The zero-order valence-corrected chi connectivity index (χ0v) is 12.2. The number of likely N-dealkylation sites (N-methyl/N-ethyl adjacent to an activating group) is 1. The minimum absolute atomic E-state index is 0.155. The van der Waals surface area contributed by atoms with Gasteiger partial charge in [-0.25, -0.2) is 0 Å². The summed E-state index contributed by atoms with van der Waals surface area (Å²) in [6, 6.07) is 7.95. The zero-order valence-electron chi connectivity index (χ0n) is 10.7. The van der Waals surface area contributed by atoms with Crippen molar-refractivity contribution in [2.45, 2.75) is 25.3 Å². The Kier molecular flexibility index (Phi) is 4.78. The van der Waals surface area contributed by atoms with Crippen LogP contribution in [-0.2, 0) is 0 Å². The number of carbonyl (C=O) groups is 1. The van der Waals surface area contributed by atoms with Crippen molar-refractivity contribution in [1.29, 1.82) is 0 Å². The molecule has 0 spiro atoms. The second kappa shape index (κ2) is 6.34. The standard InChI is InChI=1S/C14H19BrN2O/c1-16-10-13-4-2-3-9-17(13)14(18)11-5-7-12(15)8-6-11/h5-8,13,16H,2-4,9-10H2,1H3. The molecule has 0 radical (unpaired) electrons. The summed E-state index contributed by atoms with van der Waals surface area (Å²) in [5.41, 5.74) is 0.779. The van der Waals surface area contributed by atoms with Crippen LogP contribution in [0.4, 0.5) is 0 Å². The highest BCUT2D eigenvalue weighted by molar-refractivity contribution is 9.10. The maximum Gasteiger partial charge on any atom is 0.254 e. The predicted octanol–water partition coefficient (Wildman–Crippen LogP) is 2.66. The smallest absolute Gasteiger partial charge is 0.254 e. The summed E-state index contributed by atoms with van der Waals surface area (Å²) in [5, 5.41) is 3.18. The second-order valence-corrected chi connectivity index (χ2v) is 5.63. The van der Waals surface area contributed by atoms with Gasteiger partial charge in [-0.05, 0) is 50.6 Å². The van der Waals surface area contributed by atoms with Gasteiger partial charge in [-0.15, -0.1) is 0 Å². The van der Waals surface area contributed by atoms with Crippen molar-refractivity contribution in [1.82, 2.24) is 10.2 Å². The predicted molar refractivity (Wildman–Crippen MR) is 76.7 cm³/mol. The van der Waals surface area contributed by atoms with Crippen LogP contribution in [-0.4, -0.2) is 37.0 Å². The lowest BCUT2D eigenvalue weighted by atomic mass is 10.0. The fourth-order valence-electron chi connectivity index (χ4n) is 2.47. The molecule has 98 valence electrons. The molecule has 1 aliphatic rings. The fourth-order valence-corrected chi connectivity index (χ4v) is 2.74. The Morgan fingerprint density at radius 3 is 2.78 bits per heavy atom. The number of nitrogens with zero attached hydrogens (tertiary/aromatic N) is 1. The molecule has 1 aromatic rings. The molecule has 0 saturated carbocycles. The van der Waals surface area contributed by atoms with Gasteiger partial charge in [0.15, 0.2) is 0 Å². The summed E-state index contributed by atoms with van der Waals surface area (Å²) in [6.45, 7) is 1.75. The van der Waals surface area contributed by atoms with Crippen LogP contribution in [0.5, 0.6) is 0 Å². The van der Waals surface area contributed by atoms with Gasteiger partial charge in [-0.1, -0.05) is 15.9 Å². The number of halogens is 1. The van der Waals surface area contributed by atoms with Gasteiger partial charge >= 0.3 is 0 Å². The number of nitrogens with one attached hydrogen (secondary N) is 1. The van der Waals surface area contributed by atoms with Crippen LogP contribution >= 0.6 is 15.9 Å². The average Bonchev–Trinajstić information content (AvgIpc) is 2.40. The van der Waals surface area contributed by atoms with E-state index in [1.165, 1.54) is 6.42 Å². The molecule has 1 aliphatic heterocycles. The lowest BCUT2D eigenvalue weighted by Crippen LogP contribution is -2.48. The van der Waals surface area contributed by atoms with Crippen molar-refractivity contribution in [2.75, 3.05) is 20.1 Å². The third kappa shape index (κ3) is 3.12. The number of hydrogen-bond donors (Lipinski definition) is 1. The van der Waals surface area contributed by atoms with Gasteiger partial charge in [0.25, 0.3) is 5.91 Å². The van der Waals surface area contributed by atoms with Crippen molar-refractivity contribution in [3.8, 4) is 0 Å². The largest absolute Gasteiger partial charge is 0.334 e. The minimum atomic E-state index is 0.155. The summed E-state index contributed by atoms with van der Waals surface area (Å²) in [6.07, 6.45) is 3.43. The maximum absolute atomic E-state index is 12.5. The number of piperidine rings is 1. The Morgan fingerprint density at radius 2 is 2.11 bits per heavy atom. The highest BCUT2D eigenvalue weighted by atomic mass is 79.9. The van der Waals surface area contributed by atoms with Crippen LogP contribution < -0.4 is 5.32 Å². The van der Waals surface area contributed by atoms with E-state index in [0.29, 0.717) is 6.04 Å². The van der Waals surface area contributed by atoms with Crippen LogP contribution in [0.15, 0.2) is 28.7 Å². The molecule has 1 aromatic carbocycles. The highest BCUT2D eigenvalue weighted by Crippen LogP contribution is 2.20. The van der Waals surface area contributed by atoms with Gasteiger partial charge in [0.1, 0.15) is 0 Å². The molecule has 18 heavy (non-hydrogen) atoms. The van der Waals surface area contributed by atoms with Gasteiger partial charge in [0.05, 0.1) is 0 Å². The van der Waals surface area contributed by atoms with E-state index in [1.807, 2.05) is 36.2 Å². The van der Waals surface area contributed by atoms with E-state index in [-0.39, 0.29) is 5.91 Å². The van der Waals surface area contributed by atoms with E-state index >= 15 is 0 Å². The summed E-state index contributed by atoms with van der Waals surface area (Å²) in [5.74, 6) is 0.155. The molecule has 2 rings (SSSR count). The molecule has 0 bridgehead atoms. The van der Waals surface area contributed by atoms with Gasteiger partial charge in [0.2, 0.25) is 0 Å². The van der Waals surface area contributed by atoms with Crippen molar-refractivity contribution in [3.63, 3.8) is 0 Å². The zero-order chi connectivity index (χ0) is 13.0. The summed E-state index contributed by atoms with van der Waals surface area (Å²) >= 11 is 3.39. The highest BCUT2D eigenvalue weighted by Gasteiger charge is 2.26. The Morgan fingerprint density at radius 1 is 1.39 bits per heavy atom. The Labute approximate surface area is 117 Å². The first-order chi connectivity index (χ1) is 8.72. The molecular formula is C14H19BrN2O. The van der Waals surface area contributed by atoms with Gasteiger partial charge in [-0.2, -0.15) is 0 Å². The molecule has 1 heterocycles. The number of benzene rings is 1. The molecule has 4 heteroatoms. The Bertz CT molecular complexity index is 403. The van der Waals surface area contributed by atoms with E-state index < -0.39 is 0 Å². The second-order valence-electron chi connectivity index (χ2n) is 4.71. The SMILES string of the molecule is CNCC1CCCCN1C(=O)c1ccc(Br)cc1. The number of rotatable bonds is 3.